The summed E-state index contributed by atoms with van der Waals surface area (Å²) in [6, 6.07) is 9.20. The zero-order chi connectivity index (χ0) is 19.0. The third-order valence-corrected chi connectivity index (χ3v) is 4.14. The minimum absolute atomic E-state index is 0.0926. The van der Waals surface area contributed by atoms with Gasteiger partial charge in [0.15, 0.2) is 11.5 Å². The highest BCUT2D eigenvalue weighted by atomic mass is 16.6. The Balaban J connectivity index is 1.85. The molecule has 0 unspecified atom stereocenters. The molecule has 1 aromatic heterocycles. The summed E-state index contributed by atoms with van der Waals surface area (Å²) in [7, 11) is 0. The molecule has 0 saturated carbocycles. The highest BCUT2D eigenvalue weighted by Gasteiger charge is 2.15. The molecule has 1 aliphatic heterocycles. The minimum atomic E-state index is -1.44. The molecule has 4 rings (SSSR count). The van der Waals surface area contributed by atoms with Crippen LogP contribution in [0.15, 0.2) is 42.6 Å². The predicted octanol–water partition coefficient (Wildman–Crippen LogP) is 0.477. The van der Waals surface area contributed by atoms with Gasteiger partial charge in [0.25, 0.3) is 0 Å². The fourth-order valence-electron chi connectivity index (χ4n) is 2.87. The molecular weight excluding hydrogens is 352 g/mol. The van der Waals surface area contributed by atoms with Crippen LogP contribution in [0.2, 0.25) is 0 Å². The molecule has 0 amide bonds. The van der Waals surface area contributed by atoms with Crippen molar-refractivity contribution in [3.05, 3.63) is 53.7 Å². The van der Waals surface area contributed by atoms with Crippen LogP contribution in [-0.2, 0) is 0 Å². The van der Waals surface area contributed by atoms with Crippen LogP contribution in [0.25, 0.3) is 10.9 Å². The number of nitrogens with one attached hydrogen (secondary N) is 1. The largest absolute Gasteiger partial charge is 0.545 e. The number of hydrogen-bond acceptors (Lipinski definition) is 8. The molecule has 1 aliphatic rings. The summed E-state index contributed by atoms with van der Waals surface area (Å²) >= 11 is 0. The van der Waals surface area contributed by atoms with Gasteiger partial charge < -0.3 is 34.6 Å². The zero-order valence-corrected chi connectivity index (χ0v) is 13.9. The van der Waals surface area contributed by atoms with Crippen molar-refractivity contribution < 1.29 is 29.3 Å². The SMILES string of the molecule is O=C([O-])c1ccc2ncc(C(=O)[O-])c(Nc3ccc4c(c3)OCCO4)c2c1. The standard InChI is InChI=1S/C19H14N2O6/c22-18(23)10-1-3-14-12(7-10)17(13(9-20-14)19(24)25)21-11-2-4-15-16(8-11)27-6-5-26-15/h1-4,7-9H,5-6H2,(H,20,21)(H,22,23)(H,24,25)/p-2. The molecule has 1 N–H and O–H groups in total. The summed E-state index contributed by atoms with van der Waals surface area (Å²) in [6.45, 7) is 0.865. The Bertz CT molecular complexity index is 1070. The van der Waals surface area contributed by atoms with E-state index >= 15 is 0 Å². The molecule has 0 fully saturated rings. The van der Waals surface area contributed by atoms with Gasteiger partial charge in [0.05, 0.1) is 23.1 Å². The number of carboxylic acids is 2. The maximum atomic E-state index is 11.5. The Kier molecular flexibility index (Phi) is 4.00. The third-order valence-electron chi connectivity index (χ3n) is 4.14. The van der Waals surface area contributed by atoms with Crippen molar-refractivity contribution >= 4 is 34.2 Å². The molecule has 136 valence electrons. The van der Waals surface area contributed by atoms with E-state index in [0.29, 0.717) is 41.3 Å². The van der Waals surface area contributed by atoms with Gasteiger partial charge in [-0.05, 0) is 29.8 Å². The average Bonchev–Trinajstić information content (AvgIpc) is 2.67. The van der Waals surface area contributed by atoms with E-state index in [1.165, 1.54) is 18.2 Å². The van der Waals surface area contributed by atoms with Crippen molar-refractivity contribution in [2.75, 3.05) is 18.5 Å². The van der Waals surface area contributed by atoms with Crippen molar-refractivity contribution in [3.63, 3.8) is 0 Å². The first-order valence-corrected chi connectivity index (χ1v) is 8.05. The van der Waals surface area contributed by atoms with E-state index in [4.69, 9.17) is 9.47 Å². The maximum absolute atomic E-state index is 11.5. The molecule has 0 aliphatic carbocycles. The maximum Gasteiger partial charge on any atom is 0.163 e. The van der Waals surface area contributed by atoms with Gasteiger partial charge in [0, 0.05) is 28.9 Å². The van der Waals surface area contributed by atoms with Gasteiger partial charge in [-0.15, -0.1) is 0 Å². The van der Waals surface area contributed by atoms with Crippen LogP contribution in [0.5, 0.6) is 11.5 Å². The predicted molar refractivity (Wildman–Crippen MR) is 91.1 cm³/mol. The minimum Gasteiger partial charge on any atom is -0.545 e. The van der Waals surface area contributed by atoms with Crippen molar-refractivity contribution in [2.45, 2.75) is 0 Å². The van der Waals surface area contributed by atoms with E-state index in [1.54, 1.807) is 18.2 Å². The Morgan fingerprint density at radius 2 is 1.74 bits per heavy atom. The van der Waals surface area contributed by atoms with Crippen LogP contribution < -0.4 is 25.0 Å². The monoisotopic (exact) mass is 364 g/mol. The van der Waals surface area contributed by atoms with Gasteiger partial charge in [0.1, 0.15) is 13.2 Å². The lowest BCUT2D eigenvalue weighted by Crippen LogP contribution is -2.24. The van der Waals surface area contributed by atoms with Crippen LogP contribution in [0.3, 0.4) is 0 Å². The number of rotatable bonds is 4. The van der Waals surface area contributed by atoms with Gasteiger partial charge in [-0.3, -0.25) is 4.98 Å². The van der Waals surface area contributed by atoms with Gasteiger partial charge in [-0.2, -0.15) is 0 Å². The zero-order valence-electron chi connectivity index (χ0n) is 13.9. The van der Waals surface area contributed by atoms with Crippen molar-refractivity contribution in [3.8, 4) is 11.5 Å². The molecule has 0 spiro atoms. The lowest BCUT2D eigenvalue weighted by Gasteiger charge is -2.20. The topological polar surface area (TPSA) is 124 Å². The van der Waals surface area contributed by atoms with E-state index in [1.807, 2.05) is 0 Å². The van der Waals surface area contributed by atoms with Crippen molar-refractivity contribution in [1.82, 2.24) is 4.98 Å². The quantitative estimate of drug-likeness (QED) is 0.709. The Hall–Kier alpha value is -3.81. The van der Waals surface area contributed by atoms with Crippen LogP contribution >= 0.6 is 0 Å². The van der Waals surface area contributed by atoms with Crippen LogP contribution in [0.4, 0.5) is 11.4 Å². The summed E-state index contributed by atoms with van der Waals surface area (Å²) in [5.41, 5.74) is 0.829. The smallest absolute Gasteiger partial charge is 0.163 e. The van der Waals surface area contributed by atoms with Crippen molar-refractivity contribution in [1.29, 1.82) is 0 Å². The second kappa shape index (κ2) is 6.49. The molecule has 8 heteroatoms. The van der Waals surface area contributed by atoms with Gasteiger partial charge >= 0.3 is 0 Å². The number of carbonyl (C=O) groups is 2. The Labute approximate surface area is 153 Å². The summed E-state index contributed by atoms with van der Waals surface area (Å²) in [6.07, 6.45) is 1.16. The number of anilines is 2. The third kappa shape index (κ3) is 3.08. The normalized spacial score (nSPS) is 12.6. The highest BCUT2D eigenvalue weighted by Crippen LogP contribution is 2.35. The number of aromatic nitrogens is 1. The fourth-order valence-corrected chi connectivity index (χ4v) is 2.87. The van der Waals surface area contributed by atoms with Crippen LogP contribution in [-0.4, -0.2) is 30.1 Å². The molecule has 0 atom stereocenters. The number of carboxylic acid groups (broad SMARTS) is 2. The first-order chi connectivity index (χ1) is 13.0. The molecule has 2 aromatic carbocycles. The first kappa shape index (κ1) is 16.6. The molecule has 3 aromatic rings. The molecule has 8 nitrogen and oxygen atoms in total. The summed E-state index contributed by atoms with van der Waals surface area (Å²) in [5.74, 6) is -1.70. The number of nitrogens with zero attached hydrogens (tertiary/aromatic N) is 1. The fraction of sp³-hybridized carbons (Fsp3) is 0.105. The molecular formula is C19H12N2O6-2. The lowest BCUT2D eigenvalue weighted by molar-refractivity contribution is -0.256. The first-order valence-electron chi connectivity index (χ1n) is 8.05. The number of pyridine rings is 1. The molecule has 2 heterocycles. The summed E-state index contributed by atoms with van der Waals surface area (Å²) in [4.78, 5) is 26.8. The summed E-state index contributed by atoms with van der Waals surface area (Å²) < 4.78 is 11.0. The number of ether oxygens (including phenoxy) is 2. The summed E-state index contributed by atoms with van der Waals surface area (Å²) in [5, 5.41) is 26.0. The molecule has 27 heavy (non-hydrogen) atoms. The Morgan fingerprint density at radius 1 is 0.963 bits per heavy atom. The van der Waals surface area contributed by atoms with E-state index in [9.17, 15) is 19.8 Å². The van der Waals surface area contributed by atoms with E-state index in [2.05, 4.69) is 10.3 Å². The number of aromatic carboxylic acids is 2. The lowest BCUT2D eigenvalue weighted by atomic mass is 10.1. The molecule has 0 radical (unpaired) electrons. The van der Waals surface area contributed by atoms with Gasteiger partial charge in [0.2, 0.25) is 0 Å². The second-order valence-corrected chi connectivity index (χ2v) is 5.84. The Morgan fingerprint density at radius 3 is 2.48 bits per heavy atom. The highest BCUT2D eigenvalue weighted by molar-refractivity contribution is 6.06. The number of hydrogen-bond donors (Lipinski definition) is 1. The molecule has 0 bridgehead atoms. The van der Waals surface area contributed by atoms with Gasteiger partial charge in [-0.1, -0.05) is 6.07 Å². The number of carbonyl (C=O) groups excluding carboxylic acids is 2. The second-order valence-electron chi connectivity index (χ2n) is 5.84. The average molecular weight is 364 g/mol. The van der Waals surface area contributed by atoms with E-state index in [0.717, 1.165) is 6.20 Å². The van der Waals surface area contributed by atoms with E-state index in [-0.39, 0.29) is 16.8 Å². The molecule has 0 saturated heterocycles. The van der Waals surface area contributed by atoms with Crippen LogP contribution in [0.1, 0.15) is 20.7 Å². The van der Waals surface area contributed by atoms with E-state index < -0.39 is 11.9 Å². The van der Waals surface area contributed by atoms with Crippen molar-refractivity contribution in [2.24, 2.45) is 0 Å². The number of benzene rings is 2. The van der Waals surface area contributed by atoms with Gasteiger partial charge in [-0.25, -0.2) is 0 Å². The van der Waals surface area contributed by atoms with Crippen LogP contribution in [0, 0.1) is 0 Å². The number of fused-ring (bicyclic) bond motifs is 2.